The third kappa shape index (κ3) is 5.29. The van der Waals surface area contributed by atoms with E-state index in [1.54, 1.807) is 41.6 Å². The summed E-state index contributed by atoms with van der Waals surface area (Å²) in [5, 5.41) is 3.11. The van der Waals surface area contributed by atoms with E-state index in [1.807, 2.05) is 4.57 Å². The molecule has 1 aliphatic rings. The second-order valence-corrected chi connectivity index (χ2v) is 8.98. The van der Waals surface area contributed by atoms with Crippen LogP contribution in [0.4, 0.5) is 19.0 Å². The van der Waals surface area contributed by atoms with Crippen LogP contribution >= 0.6 is 0 Å². The van der Waals surface area contributed by atoms with Crippen molar-refractivity contribution in [3.05, 3.63) is 71.5 Å². The Morgan fingerprint density at radius 1 is 1.08 bits per heavy atom. The van der Waals surface area contributed by atoms with Crippen molar-refractivity contribution in [1.82, 2.24) is 24.4 Å². The summed E-state index contributed by atoms with van der Waals surface area (Å²) >= 11 is 0. The lowest BCUT2D eigenvalue weighted by atomic mass is 10.1. The molecular formula is C26H24F3N7O2. The molecule has 4 aromatic rings. The van der Waals surface area contributed by atoms with Crippen molar-refractivity contribution in [1.29, 1.82) is 0 Å². The summed E-state index contributed by atoms with van der Waals surface area (Å²) in [5.41, 5.74) is 6.93. The van der Waals surface area contributed by atoms with Crippen molar-refractivity contribution in [2.24, 2.45) is 5.73 Å². The van der Waals surface area contributed by atoms with E-state index >= 15 is 0 Å². The van der Waals surface area contributed by atoms with Gasteiger partial charge in [-0.05, 0) is 36.2 Å². The highest BCUT2D eigenvalue weighted by Gasteiger charge is 2.30. The fourth-order valence-corrected chi connectivity index (χ4v) is 4.36. The van der Waals surface area contributed by atoms with Crippen LogP contribution in [-0.2, 0) is 24.1 Å². The molecule has 0 aliphatic carbocycles. The van der Waals surface area contributed by atoms with Crippen LogP contribution in [0.3, 0.4) is 0 Å². The zero-order valence-electron chi connectivity index (χ0n) is 20.2. The number of imidazole rings is 1. The van der Waals surface area contributed by atoms with Crippen LogP contribution in [0.2, 0.25) is 0 Å². The third-order valence-electron chi connectivity index (χ3n) is 6.39. The summed E-state index contributed by atoms with van der Waals surface area (Å²) in [4.78, 5) is 39.0. The van der Waals surface area contributed by atoms with Crippen molar-refractivity contribution in [2.75, 3.05) is 18.4 Å². The first-order chi connectivity index (χ1) is 18.2. The van der Waals surface area contributed by atoms with Crippen molar-refractivity contribution in [2.45, 2.75) is 32.1 Å². The van der Waals surface area contributed by atoms with Crippen LogP contribution < -0.4 is 11.1 Å². The van der Waals surface area contributed by atoms with Gasteiger partial charge in [-0.15, -0.1) is 0 Å². The maximum atomic E-state index is 13.2. The third-order valence-corrected chi connectivity index (χ3v) is 6.39. The van der Waals surface area contributed by atoms with E-state index in [4.69, 9.17) is 5.73 Å². The van der Waals surface area contributed by atoms with Gasteiger partial charge in [0, 0.05) is 43.7 Å². The number of primary amides is 1. The van der Waals surface area contributed by atoms with Crippen LogP contribution in [0, 0.1) is 0 Å². The van der Waals surface area contributed by atoms with Gasteiger partial charge < -0.3 is 20.5 Å². The summed E-state index contributed by atoms with van der Waals surface area (Å²) in [6.45, 7) is 1.75. The molecule has 5 rings (SSSR count). The fraction of sp³-hybridized carbons (Fsp3) is 0.269. The number of nitrogens with zero attached hydrogens (tertiary/aromatic N) is 5. The Kier molecular flexibility index (Phi) is 6.70. The maximum absolute atomic E-state index is 13.2. The smallest absolute Gasteiger partial charge is 0.366 e. The molecule has 38 heavy (non-hydrogen) atoms. The van der Waals surface area contributed by atoms with E-state index in [0.717, 1.165) is 18.6 Å². The van der Waals surface area contributed by atoms with E-state index in [2.05, 4.69) is 20.3 Å². The minimum atomic E-state index is -4.45. The van der Waals surface area contributed by atoms with E-state index in [9.17, 15) is 22.8 Å². The molecule has 2 amide bonds. The number of halogens is 3. The van der Waals surface area contributed by atoms with Crippen molar-refractivity contribution in [3.63, 3.8) is 0 Å². The number of carbonyl (C=O) groups excluding carboxylic acids is 2. The molecule has 3 heterocycles. The number of amides is 2. The number of nitrogens with one attached hydrogen (secondary N) is 1. The summed E-state index contributed by atoms with van der Waals surface area (Å²) in [7, 11) is 0. The molecule has 1 saturated heterocycles. The first kappa shape index (κ1) is 25.2. The van der Waals surface area contributed by atoms with Gasteiger partial charge in [-0.1, -0.05) is 24.3 Å². The molecule has 0 unspecified atom stereocenters. The number of hydrogen-bond donors (Lipinski definition) is 2. The molecule has 1 fully saturated rings. The largest absolute Gasteiger partial charge is 0.416 e. The number of fused-ring (bicyclic) bond motifs is 1. The van der Waals surface area contributed by atoms with Gasteiger partial charge in [-0.2, -0.15) is 13.2 Å². The zero-order chi connectivity index (χ0) is 26.9. The number of nitrogens with two attached hydrogens (primary N) is 1. The number of alkyl halides is 3. The Balaban J connectivity index is 1.48. The molecule has 2 aromatic carbocycles. The average molecular weight is 524 g/mol. The Morgan fingerprint density at radius 2 is 1.87 bits per heavy atom. The first-order valence-electron chi connectivity index (χ1n) is 12.0. The number of anilines is 1. The molecule has 2 aromatic heterocycles. The predicted molar refractivity (Wildman–Crippen MR) is 134 cm³/mol. The molecule has 196 valence electrons. The lowest BCUT2D eigenvalue weighted by molar-refractivity contribution is -0.137. The quantitative estimate of drug-likeness (QED) is 0.362. The topological polar surface area (TPSA) is 119 Å². The van der Waals surface area contributed by atoms with Crippen molar-refractivity contribution >= 4 is 28.8 Å². The van der Waals surface area contributed by atoms with Crippen molar-refractivity contribution in [3.8, 4) is 11.4 Å². The Hall–Kier alpha value is -4.48. The Labute approximate surface area is 215 Å². The van der Waals surface area contributed by atoms with Gasteiger partial charge in [0.25, 0.3) is 0 Å². The van der Waals surface area contributed by atoms with Crippen molar-refractivity contribution < 1.29 is 22.8 Å². The second kappa shape index (κ2) is 10.1. The summed E-state index contributed by atoms with van der Waals surface area (Å²) in [5.74, 6) is 0.227. The van der Waals surface area contributed by atoms with Gasteiger partial charge in [0.2, 0.25) is 11.8 Å². The molecule has 0 atom stereocenters. The lowest BCUT2D eigenvalue weighted by Crippen LogP contribution is -2.28. The monoisotopic (exact) mass is 523 g/mol. The molecule has 1 aliphatic heterocycles. The average Bonchev–Trinajstić information content (AvgIpc) is 3.51. The van der Waals surface area contributed by atoms with Gasteiger partial charge >= 0.3 is 6.18 Å². The van der Waals surface area contributed by atoms with Gasteiger partial charge in [0.1, 0.15) is 5.52 Å². The molecule has 9 nitrogen and oxygen atoms in total. The number of likely N-dealkylation sites (tertiary alicyclic amines) is 1. The zero-order valence-corrected chi connectivity index (χ0v) is 20.2. The van der Waals surface area contributed by atoms with Gasteiger partial charge in [-0.3, -0.25) is 9.59 Å². The van der Waals surface area contributed by atoms with Crippen LogP contribution in [0.5, 0.6) is 0 Å². The SMILES string of the molecule is NC(=O)c1ccc(-c2nc(NCc3cccc(C(F)(F)F)c3)c3ncn(CCN4CCCC4=O)c3n2)cc1. The number of aromatic nitrogens is 4. The highest BCUT2D eigenvalue weighted by Crippen LogP contribution is 2.30. The fourth-order valence-electron chi connectivity index (χ4n) is 4.36. The number of rotatable bonds is 8. The Bertz CT molecular complexity index is 1500. The number of benzene rings is 2. The molecular weight excluding hydrogens is 499 g/mol. The minimum Gasteiger partial charge on any atom is -0.366 e. The van der Waals surface area contributed by atoms with Crippen LogP contribution in [0.25, 0.3) is 22.6 Å². The Morgan fingerprint density at radius 3 is 2.55 bits per heavy atom. The van der Waals surface area contributed by atoms with Crippen LogP contribution in [-0.4, -0.2) is 49.3 Å². The molecule has 0 bridgehead atoms. The predicted octanol–water partition coefficient (Wildman–Crippen LogP) is 3.85. The van der Waals surface area contributed by atoms with Gasteiger partial charge in [0.15, 0.2) is 17.3 Å². The van der Waals surface area contributed by atoms with Crippen LogP contribution in [0.1, 0.15) is 34.3 Å². The molecule has 0 spiro atoms. The van der Waals surface area contributed by atoms with E-state index in [1.165, 1.54) is 6.07 Å². The molecule has 0 radical (unpaired) electrons. The number of carbonyl (C=O) groups is 2. The first-order valence-corrected chi connectivity index (χ1v) is 12.0. The number of hydrogen-bond acceptors (Lipinski definition) is 6. The van der Waals surface area contributed by atoms with E-state index in [0.29, 0.717) is 65.6 Å². The normalized spacial score (nSPS) is 13.9. The lowest BCUT2D eigenvalue weighted by Gasteiger charge is -2.16. The highest BCUT2D eigenvalue weighted by atomic mass is 19.4. The molecule has 12 heteroatoms. The summed E-state index contributed by atoms with van der Waals surface area (Å²) in [6.07, 6.45) is -1.46. The van der Waals surface area contributed by atoms with E-state index in [-0.39, 0.29) is 12.5 Å². The maximum Gasteiger partial charge on any atom is 0.416 e. The van der Waals surface area contributed by atoms with Gasteiger partial charge in [0.05, 0.1) is 11.9 Å². The van der Waals surface area contributed by atoms with Crippen LogP contribution in [0.15, 0.2) is 54.9 Å². The summed E-state index contributed by atoms with van der Waals surface area (Å²) < 4.78 is 41.3. The molecule has 3 N–H and O–H groups in total. The molecule has 0 saturated carbocycles. The summed E-state index contributed by atoms with van der Waals surface area (Å²) in [6, 6.07) is 11.5. The standard InChI is InChI=1S/C26H24F3N7O2/c27-26(28,29)19-4-1-3-16(13-19)14-31-24-21-25(36(15-32-21)12-11-35-10-2-5-20(35)37)34-23(33-24)18-8-6-17(7-9-18)22(30)38/h1,3-4,6-9,13,15H,2,5,10-12,14H2,(H2,30,38)(H,31,33,34). The van der Waals surface area contributed by atoms with E-state index < -0.39 is 17.6 Å². The second-order valence-electron chi connectivity index (χ2n) is 8.98. The minimum absolute atomic E-state index is 0.0746. The highest BCUT2D eigenvalue weighted by molar-refractivity contribution is 5.93. The van der Waals surface area contributed by atoms with Gasteiger partial charge in [-0.25, -0.2) is 15.0 Å².